The van der Waals surface area contributed by atoms with Gasteiger partial charge in [0.05, 0.1) is 0 Å². The van der Waals surface area contributed by atoms with Gasteiger partial charge in [-0.2, -0.15) is 0 Å². The van der Waals surface area contributed by atoms with Crippen LogP contribution in [0.2, 0.25) is 0 Å². The Kier molecular flexibility index (Phi) is 6.80. The number of nitrogens with one attached hydrogen (secondary N) is 1. The molecule has 1 aliphatic carbocycles. The largest absolute Gasteiger partial charge is 0.348 e. The van der Waals surface area contributed by atoms with Crippen LogP contribution in [0.25, 0.3) is 0 Å². The summed E-state index contributed by atoms with van der Waals surface area (Å²) in [6.07, 6.45) is 7.12. The van der Waals surface area contributed by atoms with Crippen molar-refractivity contribution in [3.8, 4) is 0 Å². The van der Waals surface area contributed by atoms with Gasteiger partial charge in [0.1, 0.15) is 5.69 Å². The van der Waals surface area contributed by atoms with E-state index in [1.165, 1.54) is 6.42 Å². The van der Waals surface area contributed by atoms with Crippen molar-refractivity contribution in [1.29, 1.82) is 0 Å². The van der Waals surface area contributed by atoms with Crippen molar-refractivity contribution < 1.29 is 9.59 Å². The van der Waals surface area contributed by atoms with Crippen molar-refractivity contribution in [2.24, 2.45) is 0 Å². The van der Waals surface area contributed by atoms with Crippen molar-refractivity contribution >= 4 is 11.8 Å². The summed E-state index contributed by atoms with van der Waals surface area (Å²) in [5.41, 5.74) is 1.88. The number of rotatable bonds is 6. The first-order valence-corrected chi connectivity index (χ1v) is 10.2. The maximum Gasteiger partial charge on any atom is 0.270 e. The SMILES string of the molecule is CC(C)N(Cc1ccccc1)C(=O)c1ccnc(C(=O)NC2CCCCC2)c1. The van der Waals surface area contributed by atoms with Gasteiger partial charge < -0.3 is 10.2 Å². The lowest BCUT2D eigenvalue weighted by Crippen LogP contribution is -2.38. The molecule has 1 saturated carbocycles. The van der Waals surface area contributed by atoms with E-state index in [1.54, 1.807) is 18.3 Å². The lowest BCUT2D eigenvalue weighted by Gasteiger charge is -2.27. The molecule has 3 rings (SSSR count). The molecule has 5 heteroatoms. The van der Waals surface area contributed by atoms with Gasteiger partial charge in [0, 0.05) is 30.4 Å². The molecular formula is C23H29N3O2. The molecule has 5 nitrogen and oxygen atoms in total. The summed E-state index contributed by atoms with van der Waals surface area (Å²) >= 11 is 0. The number of carbonyl (C=O) groups excluding carboxylic acids is 2. The molecule has 148 valence electrons. The summed E-state index contributed by atoms with van der Waals surface area (Å²) in [7, 11) is 0. The van der Waals surface area contributed by atoms with Gasteiger partial charge >= 0.3 is 0 Å². The van der Waals surface area contributed by atoms with Gasteiger partial charge in [-0.25, -0.2) is 0 Å². The van der Waals surface area contributed by atoms with Crippen LogP contribution in [0.4, 0.5) is 0 Å². The minimum absolute atomic E-state index is 0.0420. The molecule has 0 radical (unpaired) electrons. The normalized spacial score (nSPS) is 14.7. The van der Waals surface area contributed by atoms with Gasteiger partial charge in [-0.15, -0.1) is 0 Å². The fraction of sp³-hybridized carbons (Fsp3) is 0.435. The molecule has 0 atom stereocenters. The van der Waals surface area contributed by atoms with Crippen molar-refractivity contribution in [1.82, 2.24) is 15.2 Å². The second kappa shape index (κ2) is 9.49. The van der Waals surface area contributed by atoms with E-state index in [-0.39, 0.29) is 23.9 Å². The van der Waals surface area contributed by atoms with E-state index >= 15 is 0 Å². The van der Waals surface area contributed by atoms with Crippen LogP contribution >= 0.6 is 0 Å². The maximum absolute atomic E-state index is 13.1. The summed E-state index contributed by atoms with van der Waals surface area (Å²) in [5.74, 6) is -0.284. The smallest absolute Gasteiger partial charge is 0.270 e. The van der Waals surface area contributed by atoms with Crippen molar-refractivity contribution in [2.45, 2.75) is 64.6 Å². The average molecular weight is 380 g/mol. The van der Waals surface area contributed by atoms with Gasteiger partial charge in [0.2, 0.25) is 0 Å². The molecule has 1 aromatic heterocycles. The number of benzene rings is 1. The minimum Gasteiger partial charge on any atom is -0.348 e. The Morgan fingerprint density at radius 3 is 2.50 bits per heavy atom. The fourth-order valence-electron chi connectivity index (χ4n) is 3.63. The number of carbonyl (C=O) groups is 2. The standard InChI is InChI=1S/C23H29N3O2/c1-17(2)26(16-18-9-5-3-6-10-18)23(28)19-13-14-24-21(15-19)22(27)25-20-11-7-4-8-12-20/h3,5-6,9-10,13-15,17,20H,4,7-8,11-12,16H2,1-2H3,(H,25,27). The zero-order valence-corrected chi connectivity index (χ0v) is 16.7. The highest BCUT2D eigenvalue weighted by molar-refractivity contribution is 5.98. The van der Waals surface area contributed by atoms with Gasteiger partial charge in [-0.3, -0.25) is 14.6 Å². The van der Waals surface area contributed by atoms with Crippen molar-refractivity contribution in [3.63, 3.8) is 0 Å². The predicted molar refractivity (Wildman–Crippen MR) is 110 cm³/mol. The van der Waals surface area contributed by atoms with Crippen molar-refractivity contribution in [3.05, 3.63) is 65.5 Å². The molecule has 1 fully saturated rings. The second-order valence-corrected chi connectivity index (χ2v) is 7.75. The molecule has 2 amide bonds. The summed E-state index contributed by atoms with van der Waals surface area (Å²) in [6.45, 7) is 4.53. The van der Waals surface area contributed by atoms with E-state index < -0.39 is 0 Å². The first-order chi connectivity index (χ1) is 13.5. The highest BCUT2D eigenvalue weighted by Gasteiger charge is 2.22. The fourth-order valence-corrected chi connectivity index (χ4v) is 3.63. The Morgan fingerprint density at radius 1 is 1.11 bits per heavy atom. The van der Waals surface area contributed by atoms with E-state index in [0.717, 1.165) is 31.2 Å². The third-order valence-corrected chi connectivity index (χ3v) is 5.26. The van der Waals surface area contributed by atoms with Crippen LogP contribution in [0, 0.1) is 0 Å². The first kappa shape index (κ1) is 20.1. The van der Waals surface area contributed by atoms with Gasteiger partial charge in [-0.1, -0.05) is 49.6 Å². The first-order valence-electron chi connectivity index (χ1n) is 10.2. The van der Waals surface area contributed by atoms with Crippen LogP contribution in [-0.4, -0.2) is 33.8 Å². The Bertz CT molecular complexity index is 799. The summed E-state index contributed by atoms with van der Waals surface area (Å²) in [6, 6.07) is 13.5. The maximum atomic E-state index is 13.1. The Morgan fingerprint density at radius 2 is 1.82 bits per heavy atom. The van der Waals surface area contributed by atoms with Crippen LogP contribution in [0.5, 0.6) is 0 Å². The number of hydrogen-bond donors (Lipinski definition) is 1. The third kappa shape index (κ3) is 5.18. The van der Waals surface area contributed by atoms with E-state index in [1.807, 2.05) is 49.1 Å². The number of aromatic nitrogens is 1. The van der Waals surface area contributed by atoms with Crippen LogP contribution in [0.3, 0.4) is 0 Å². The van der Waals surface area contributed by atoms with Crippen LogP contribution in [0.15, 0.2) is 48.7 Å². The molecule has 1 aliphatic rings. The lowest BCUT2D eigenvalue weighted by atomic mass is 9.95. The zero-order chi connectivity index (χ0) is 19.9. The van der Waals surface area contributed by atoms with E-state index in [2.05, 4.69) is 10.3 Å². The molecule has 0 unspecified atom stereocenters. The Balaban J connectivity index is 1.73. The topological polar surface area (TPSA) is 62.3 Å². The van der Waals surface area contributed by atoms with Crippen LogP contribution < -0.4 is 5.32 Å². The average Bonchev–Trinajstić information content (AvgIpc) is 2.73. The molecule has 0 bridgehead atoms. The van der Waals surface area contributed by atoms with E-state index in [9.17, 15) is 9.59 Å². The molecule has 1 heterocycles. The second-order valence-electron chi connectivity index (χ2n) is 7.75. The third-order valence-electron chi connectivity index (χ3n) is 5.26. The molecule has 0 saturated heterocycles. The number of hydrogen-bond acceptors (Lipinski definition) is 3. The summed E-state index contributed by atoms with van der Waals surface area (Å²) in [5, 5.41) is 3.07. The molecular weight excluding hydrogens is 350 g/mol. The predicted octanol–water partition coefficient (Wildman–Crippen LogP) is 4.19. The minimum atomic E-state index is -0.194. The molecule has 1 N–H and O–H groups in total. The Hall–Kier alpha value is -2.69. The van der Waals surface area contributed by atoms with Crippen molar-refractivity contribution in [2.75, 3.05) is 0 Å². The van der Waals surface area contributed by atoms with E-state index in [4.69, 9.17) is 0 Å². The van der Waals surface area contributed by atoms with E-state index in [0.29, 0.717) is 17.8 Å². The highest BCUT2D eigenvalue weighted by Crippen LogP contribution is 2.18. The van der Waals surface area contributed by atoms with Crippen LogP contribution in [-0.2, 0) is 6.54 Å². The summed E-state index contributed by atoms with van der Waals surface area (Å²) in [4.78, 5) is 31.7. The number of nitrogens with zero attached hydrogens (tertiary/aromatic N) is 2. The molecule has 0 spiro atoms. The molecule has 28 heavy (non-hydrogen) atoms. The highest BCUT2D eigenvalue weighted by atomic mass is 16.2. The molecule has 0 aliphatic heterocycles. The number of pyridine rings is 1. The number of amides is 2. The Labute approximate surface area is 167 Å². The quantitative estimate of drug-likeness (QED) is 0.818. The molecule has 2 aromatic rings. The van der Waals surface area contributed by atoms with Gasteiger partial charge in [0.25, 0.3) is 11.8 Å². The van der Waals surface area contributed by atoms with Crippen LogP contribution in [0.1, 0.15) is 72.4 Å². The van der Waals surface area contributed by atoms with Gasteiger partial charge in [-0.05, 0) is 44.4 Å². The monoisotopic (exact) mass is 379 g/mol. The zero-order valence-electron chi connectivity index (χ0n) is 16.7. The summed E-state index contributed by atoms with van der Waals surface area (Å²) < 4.78 is 0. The lowest BCUT2D eigenvalue weighted by molar-refractivity contribution is 0.0690. The molecule has 1 aromatic carbocycles. The van der Waals surface area contributed by atoms with Gasteiger partial charge in [0.15, 0.2) is 0 Å².